The summed E-state index contributed by atoms with van der Waals surface area (Å²) in [5.41, 5.74) is 3.55. The predicted molar refractivity (Wildman–Crippen MR) is 83.9 cm³/mol. The highest BCUT2D eigenvalue weighted by Gasteiger charge is 2.07. The van der Waals surface area contributed by atoms with Crippen molar-refractivity contribution >= 4 is 28.1 Å². The maximum Gasteiger partial charge on any atom is 0.271 e. The lowest BCUT2D eigenvalue weighted by Gasteiger charge is -2.06. The van der Waals surface area contributed by atoms with Crippen LogP contribution in [0.25, 0.3) is 0 Å². The fourth-order valence-corrected chi connectivity index (χ4v) is 2.06. The van der Waals surface area contributed by atoms with Gasteiger partial charge in [-0.2, -0.15) is 5.10 Å². The first-order valence-corrected chi connectivity index (χ1v) is 6.86. The maximum absolute atomic E-state index is 11.8. The number of methoxy groups -OCH3 is 1. The number of aromatic hydroxyl groups is 1. The molecule has 5 nitrogen and oxygen atoms in total. The van der Waals surface area contributed by atoms with Crippen LogP contribution in [0.4, 0.5) is 0 Å². The summed E-state index contributed by atoms with van der Waals surface area (Å²) in [6, 6.07) is 11.9. The quantitative estimate of drug-likeness (QED) is 0.659. The van der Waals surface area contributed by atoms with Gasteiger partial charge in [-0.1, -0.05) is 18.2 Å². The number of halogens is 1. The molecule has 0 atom stereocenters. The van der Waals surface area contributed by atoms with Crippen molar-refractivity contribution in [3.05, 3.63) is 58.1 Å². The zero-order valence-electron chi connectivity index (χ0n) is 11.2. The lowest BCUT2D eigenvalue weighted by atomic mass is 10.2. The topological polar surface area (TPSA) is 70.9 Å². The van der Waals surface area contributed by atoms with Crippen molar-refractivity contribution in [1.29, 1.82) is 0 Å². The first-order chi connectivity index (χ1) is 10.1. The summed E-state index contributed by atoms with van der Waals surface area (Å²) in [4.78, 5) is 11.8. The van der Waals surface area contributed by atoms with Gasteiger partial charge in [-0.25, -0.2) is 5.43 Å². The molecule has 6 heteroatoms. The predicted octanol–water partition coefficient (Wildman–Crippen LogP) is 2.93. The van der Waals surface area contributed by atoms with Crippen LogP contribution >= 0.6 is 15.9 Å². The lowest BCUT2D eigenvalue weighted by Crippen LogP contribution is -2.17. The average Bonchev–Trinajstić information content (AvgIpc) is 2.51. The van der Waals surface area contributed by atoms with Crippen LogP contribution < -0.4 is 10.2 Å². The Morgan fingerprint density at radius 2 is 2.05 bits per heavy atom. The van der Waals surface area contributed by atoms with Gasteiger partial charge in [-0.15, -0.1) is 0 Å². The zero-order valence-corrected chi connectivity index (χ0v) is 12.8. The van der Waals surface area contributed by atoms with Crippen LogP contribution in [0.5, 0.6) is 11.5 Å². The second-order valence-corrected chi connectivity index (χ2v) is 4.97. The molecule has 0 unspecified atom stereocenters. The smallest absolute Gasteiger partial charge is 0.271 e. The van der Waals surface area contributed by atoms with E-state index >= 15 is 0 Å². The maximum atomic E-state index is 11.8. The Bertz CT molecular complexity index is 672. The van der Waals surface area contributed by atoms with E-state index in [4.69, 9.17) is 4.74 Å². The molecule has 0 fully saturated rings. The van der Waals surface area contributed by atoms with Gasteiger partial charge in [0.1, 0.15) is 0 Å². The van der Waals surface area contributed by atoms with E-state index in [2.05, 4.69) is 26.5 Å². The molecular weight excluding hydrogens is 336 g/mol. The van der Waals surface area contributed by atoms with Gasteiger partial charge in [-0.3, -0.25) is 4.79 Å². The summed E-state index contributed by atoms with van der Waals surface area (Å²) in [7, 11) is 1.47. The third-order valence-corrected chi connectivity index (χ3v) is 3.39. The van der Waals surface area contributed by atoms with E-state index in [-0.39, 0.29) is 11.7 Å². The van der Waals surface area contributed by atoms with Gasteiger partial charge in [-0.05, 0) is 40.2 Å². The number of carbonyl (C=O) groups excluding carboxylic acids is 1. The van der Waals surface area contributed by atoms with E-state index in [9.17, 15) is 9.90 Å². The number of phenolic OH excluding ortho intramolecular Hbond substituents is 1. The molecule has 0 heterocycles. The van der Waals surface area contributed by atoms with E-state index < -0.39 is 0 Å². The number of phenols is 1. The Kier molecular flexibility index (Phi) is 4.94. The van der Waals surface area contributed by atoms with Crippen molar-refractivity contribution in [2.75, 3.05) is 7.11 Å². The molecule has 0 aromatic heterocycles. The second-order valence-electron chi connectivity index (χ2n) is 4.11. The Balaban J connectivity index is 2.08. The van der Waals surface area contributed by atoms with Gasteiger partial charge in [0.2, 0.25) is 0 Å². The van der Waals surface area contributed by atoms with Crippen LogP contribution in [-0.2, 0) is 0 Å². The molecule has 108 valence electrons. The number of rotatable bonds is 4. The monoisotopic (exact) mass is 348 g/mol. The highest BCUT2D eigenvalue weighted by molar-refractivity contribution is 9.10. The van der Waals surface area contributed by atoms with Gasteiger partial charge in [0.25, 0.3) is 5.91 Å². The number of nitrogens with one attached hydrogen (secondary N) is 1. The molecule has 0 aliphatic carbocycles. The number of carbonyl (C=O) groups is 1. The molecule has 0 aliphatic heterocycles. The second kappa shape index (κ2) is 6.90. The molecule has 0 bridgehead atoms. The fourth-order valence-electron chi connectivity index (χ4n) is 1.64. The van der Waals surface area contributed by atoms with Crippen molar-refractivity contribution < 1.29 is 14.6 Å². The van der Waals surface area contributed by atoms with Crippen LogP contribution in [0.1, 0.15) is 15.9 Å². The summed E-state index contributed by atoms with van der Waals surface area (Å²) in [5, 5.41) is 13.6. The van der Waals surface area contributed by atoms with Crippen LogP contribution in [0.3, 0.4) is 0 Å². The number of hydrogen-bond acceptors (Lipinski definition) is 4. The molecular formula is C15H13BrN2O3. The largest absolute Gasteiger partial charge is 0.504 e. The van der Waals surface area contributed by atoms with Crippen molar-refractivity contribution in [2.45, 2.75) is 0 Å². The van der Waals surface area contributed by atoms with E-state index in [0.717, 1.165) is 0 Å². The molecule has 0 radical (unpaired) electrons. The van der Waals surface area contributed by atoms with Crippen LogP contribution in [0.2, 0.25) is 0 Å². The van der Waals surface area contributed by atoms with Gasteiger partial charge >= 0.3 is 0 Å². The number of amides is 1. The Morgan fingerprint density at radius 1 is 1.33 bits per heavy atom. The average molecular weight is 349 g/mol. The molecule has 0 aliphatic rings. The van der Waals surface area contributed by atoms with Crippen molar-refractivity contribution in [3.63, 3.8) is 0 Å². The minimum atomic E-state index is -0.305. The minimum absolute atomic E-state index is 0.00321. The normalized spacial score (nSPS) is 10.6. The first-order valence-electron chi connectivity index (χ1n) is 6.06. The van der Waals surface area contributed by atoms with E-state index in [1.54, 1.807) is 30.3 Å². The van der Waals surface area contributed by atoms with Crippen molar-refractivity contribution in [1.82, 2.24) is 5.43 Å². The molecule has 21 heavy (non-hydrogen) atoms. The number of nitrogens with zero attached hydrogens (tertiary/aromatic N) is 1. The molecule has 2 aromatic rings. The summed E-state index contributed by atoms with van der Waals surface area (Å²) < 4.78 is 5.68. The summed E-state index contributed by atoms with van der Waals surface area (Å²) >= 11 is 3.34. The molecule has 2 rings (SSSR count). The summed E-state index contributed by atoms with van der Waals surface area (Å²) in [6.45, 7) is 0. The zero-order chi connectivity index (χ0) is 15.2. The SMILES string of the molecule is COc1cc(Br)c(/C=N\NC(=O)c2ccccc2)cc1O. The van der Waals surface area contributed by atoms with E-state index in [1.807, 2.05) is 6.07 Å². The summed E-state index contributed by atoms with van der Waals surface area (Å²) in [6.07, 6.45) is 1.43. The van der Waals surface area contributed by atoms with Crippen molar-refractivity contribution in [3.8, 4) is 11.5 Å². The third kappa shape index (κ3) is 3.82. The molecule has 1 amide bonds. The van der Waals surface area contributed by atoms with E-state index in [1.165, 1.54) is 19.4 Å². The Hall–Kier alpha value is -2.34. The van der Waals surface area contributed by atoms with E-state index in [0.29, 0.717) is 21.3 Å². The van der Waals surface area contributed by atoms with Crippen molar-refractivity contribution in [2.24, 2.45) is 5.10 Å². The van der Waals surface area contributed by atoms with Gasteiger partial charge < -0.3 is 9.84 Å². The first kappa shape index (κ1) is 15.1. The van der Waals surface area contributed by atoms with Gasteiger partial charge in [0.15, 0.2) is 11.5 Å². The lowest BCUT2D eigenvalue weighted by molar-refractivity contribution is 0.0955. The molecule has 0 saturated carbocycles. The Morgan fingerprint density at radius 3 is 2.71 bits per heavy atom. The molecule has 0 spiro atoms. The number of ether oxygens (including phenoxy) is 1. The van der Waals surface area contributed by atoms with Crippen LogP contribution in [-0.4, -0.2) is 24.3 Å². The summed E-state index contributed by atoms with van der Waals surface area (Å²) in [5.74, 6) is 0.0459. The Labute approximate surface area is 130 Å². The third-order valence-electron chi connectivity index (χ3n) is 2.70. The fraction of sp³-hybridized carbons (Fsp3) is 0.0667. The number of benzene rings is 2. The highest BCUT2D eigenvalue weighted by Crippen LogP contribution is 2.31. The molecule has 2 N–H and O–H groups in total. The number of hydrazone groups is 1. The molecule has 0 saturated heterocycles. The van der Waals surface area contributed by atoms with Crippen LogP contribution in [0.15, 0.2) is 52.0 Å². The highest BCUT2D eigenvalue weighted by atomic mass is 79.9. The minimum Gasteiger partial charge on any atom is -0.504 e. The van der Waals surface area contributed by atoms with Crippen LogP contribution in [0, 0.1) is 0 Å². The van der Waals surface area contributed by atoms with Gasteiger partial charge in [0, 0.05) is 15.6 Å². The number of hydrogen-bond donors (Lipinski definition) is 2. The standard InChI is InChI=1S/C15H13BrN2O3/c1-21-14-8-12(16)11(7-13(14)19)9-17-18-15(20)10-5-3-2-4-6-10/h2-9,19H,1H3,(H,18,20)/b17-9-. The van der Waals surface area contributed by atoms with Gasteiger partial charge in [0.05, 0.1) is 13.3 Å². The molecule has 2 aromatic carbocycles.